The van der Waals surface area contributed by atoms with Gasteiger partial charge >= 0.3 is 0 Å². The van der Waals surface area contributed by atoms with Crippen LogP contribution in [0.3, 0.4) is 0 Å². The Hall–Kier alpha value is -2.31. The molecule has 136 valence electrons. The molecule has 1 fully saturated rings. The van der Waals surface area contributed by atoms with E-state index in [1.165, 1.54) is 4.90 Å². The molecule has 26 heavy (non-hydrogen) atoms. The van der Waals surface area contributed by atoms with E-state index in [2.05, 4.69) is 17.4 Å². The van der Waals surface area contributed by atoms with E-state index in [1.54, 1.807) is 28.8 Å². The van der Waals surface area contributed by atoms with Crippen LogP contribution in [0.2, 0.25) is 0 Å². The minimum absolute atomic E-state index is 0.133. The predicted molar refractivity (Wildman–Crippen MR) is 103 cm³/mol. The molecule has 0 radical (unpaired) electrons. The van der Waals surface area contributed by atoms with E-state index in [1.807, 2.05) is 30.5 Å². The maximum atomic E-state index is 12.9. The summed E-state index contributed by atoms with van der Waals surface area (Å²) in [4.78, 5) is 27.6. The van der Waals surface area contributed by atoms with Crippen molar-refractivity contribution in [3.63, 3.8) is 0 Å². The molecule has 0 aliphatic carbocycles. The Balaban J connectivity index is 1.83. The zero-order valence-corrected chi connectivity index (χ0v) is 15.5. The van der Waals surface area contributed by atoms with Crippen LogP contribution in [0.25, 0.3) is 11.1 Å². The Bertz CT molecular complexity index is 792. The van der Waals surface area contributed by atoms with Gasteiger partial charge in [-0.2, -0.15) is 0 Å². The lowest BCUT2D eigenvalue weighted by atomic mass is 10.0. The van der Waals surface area contributed by atoms with E-state index >= 15 is 0 Å². The molecular formula is C20H22N2O3S. The van der Waals surface area contributed by atoms with Crippen molar-refractivity contribution in [2.24, 2.45) is 0 Å². The largest absolute Gasteiger partial charge is 0.396 e. The number of nitrogens with zero attached hydrogens (tertiary/aromatic N) is 1. The first-order valence-electron chi connectivity index (χ1n) is 8.58. The molecule has 2 aromatic rings. The Morgan fingerprint density at radius 2 is 1.96 bits per heavy atom. The van der Waals surface area contributed by atoms with E-state index in [0.717, 1.165) is 11.1 Å². The second kappa shape index (κ2) is 8.38. The third kappa shape index (κ3) is 3.76. The third-order valence-electron chi connectivity index (χ3n) is 4.54. The maximum absolute atomic E-state index is 12.9. The predicted octanol–water partition coefficient (Wildman–Crippen LogP) is 2.40. The van der Waals surface area contributed by atoms with Gasteiger partial charge in [0.2, 0.25) is 5.91 Å². The molecule has 3 rings (SSSR count). The highest BCUT2D eigenvalue weighted by Gasteiger charge is 2.32. The fraction of sp³-hybridized carbons (Fsp3) is 0.300. The van der Waals surface area contributed by atoms with Crippen LogP contribution in [0.15, 0.2) is 53.4 Å². The van der Waals surface area contributed by atoms with Crippen LogP contribution in [0.5, 0.6) is 0 Å². The smallest absolute Gasteiger partial charge is 0.254 e. The minimum atomic E-state index is -0.613. The van der Waals surface area contributed by atoms with E-state index < -0.39 is 6.04 Å². The Kier molecular flexibility index (Phi) is 5.96. The quantitative estimate of drug-likeness (QED) is 0.793. The SMILES string of the molecule is CSc1ccccc1-c1ccc(C(=O)N2CCNC(=O)C2CCO)cc1. The van der Waals surface area contributed by atoms with Crippen molar-refractivity contribution in [2.45, 2.75) is 17.4 Å². The number of carbonyl (C=O) groups excluding carboxylic acids is 2. The number of hydrogen-bond acceptors (Lipinski definition) is 4. The van der Waals surface area contributed by atoms with Crippen molar-refractivity contribution in [3.05, 3.63) is 54.1 Å². The molecule has 2 N–H and O–H groups in total. The van der Waals surface area contributed by atoms with Crippen LogP contribution in [0.4, 0.5) is 0 Å². The fourth-order valence-corrected chi connectivity index (χ4v) is 3.83. The minimum Gasteiger partial charge on any atom is -0.396 e. The number of piperazine rings is 1. The summed E-state index contributed by atoms with van der Waals surface area (Å²) in [6.45, 7) is 0.754. The number of nitrogens with one attached hydrogen (secondary N) is 1. The number of aliphatic hydroxyl groups is 1. The van der Waals surface area contributed by atoms with Gasteiger partial charge in [-0.15, -0.1) is 11.8 Å². The number of carbonyl (C=O) groups is 2. The highest BCUT2D eigenvalue weighted by molar-refractivity contribution is 7.98. The normalized spacial score (nSPS) is 17.1. The van der Waals surface area contributed by atoms with Gasteiger partial charge in [0.05, 0.1) is 0 Å². The molecule has 2 amide bonds. The summed E-state index contributed by atoms with van der Waals surface area (Å²) in [5.41, 5.74) is 2.73. The summed E-state index contributed by atoms with van der Waals surface area (Å²) in [5, 5.41) is 11.9. The summed E-state index contributed by atoms with van der Waals surface area (Å²) in [6.07, 6.45) is 2.29. The maximum Gasteiger partial charge on any atom is 0.254 e. The number of aliphatic hydroxyl groups excluding tert-OH is 1. The molecule has 1 unspecified atom stereocenters. The van der Waals surface area contributed by atoms with Crippen molar-refractivity contribution >= 4 is 23.6 Å². The monoisotopic (exact) mass is 370 g/mol. The van der Waals surface area contributed by atoms with Crippen LogP contribution in [0, 0.1) is 0 Å². The standard InChI is InChI=1S/C20H22N2O3S/c1-26-18-5-3-2-4-16(18)14-6-8-15(9-7-14)20(25)22-12-11-21-19(24)17(22)10-13-23/h2-9,17,23H,10-13H2,1H3,(H,21,24). The lowest BCUT2D eigenvalue weighted by Crippen LogP contribution is -2.57. The molecular weight excluding hydrogens is 348 g/mol. The number of benzene rings is 2. The number of amides is 2. The molecule has 1 aliphatic heterocycles. The van der Waals surface area contributed by atoms with Crippen molar-refractivity contribution in [2.75, 3.05) is 26.0 Å². The lowest BCUT2D eigenvalue weighted by Gasteiger charge is -2.34. The second-order valence-corrected chi connectivity index (χ2v) is 6.94. The second-order valence-electron chi connectivity index (χ2n) is 6.10. The molecule has 0 aromatic heterocycles. The first kappa shape index (κ1) is 18.5. The van der Waals surface area contributed by atoms with Gasteiger partial charge in [0.1, 0.15) is 6.04 Å². The van der Waals surface area contributed by atoms with Crippen molar-refractivity contribution in [1.82, 2.24) is 10.2 Å². The summed E-state index contributed by atoms with van der Waals surface area (Å²) in [5.74, 6) is -0.382. The van der Waals surface area contributed by atoms with Crippen molar-refractivity contribution in [1.29, 1.82) is 0 Å². The van der Waals surface area contributed by atoms with Crippen LogP contribution in [0.1, 0.15) is 16.8 Å². The number of hydrogen-bond donors (Lipinski definition) is 2. The van der Waals surface area contributed by atoms with Crippen LogP contribution in [-0.2, 0) is 4.79 Å². The first-order valence-corrected chi connectivity index (χ1v) is 9.81. The van der Waals surface area contributed by atoms with Gasteiger partial charge < -0.3 is 15.3 Å². The molecule has 6 heteroatoms. The van der Waals surface area contributed by atoms with Gasteiger partial charge in [0.15, 0.2) is 0 Å². The summed E-state index contributed by atoms with van der Waals surface area (Å²) in [7, 11) is 0. The molecule has 0 bridgehead atoms. The van der Waals surface area contributed by atoms with Gasteiger partial charge in [-0.05, 0) is 42.0 Å². The zero-order chi connectivity index (χ0) is 18.5. The van der Waals surface area contributed by atoms with Gasteiger partial charge in [-0.1, -0.05) is 30.3 Å². The Morgan fingerprint density at radius 3 is 2.65 bits per heavy atom. The van der Waals surface area contributed by atoms with Crippen LogP contribution in [-0.4, -0.2) is 53.8 Å². The van der Waals surface area contributed by atoms with E-state index in [0.29, 0.717) is 18.7 Å². The average Bonchev–Trinajstić information content (AvgIpc) is 2.69. The van der Waals surface area contributed by atoms with E-state index in [9.17, 15) is 14.7 Å². The number of rotatable bonds is 5. The molecule has 2 aromatic carbocycles. The average molecular weight is 370 g/mol. The Morgan fingerprint density at radius 1 is 1.23 bits per heavy atom. The van der Waals surface area contributed by atoms with E-state index in [4.69, 9.17) is 0 Å². The fourth-order valence-electron chi connectivity index (χ4n) is 3.21. The molecule has 1 saturated heterocycles. The van der Waals surface area contributed by atoms with E-state index in [-0.39, 0.29) is 24.8 Å². The highest BCUT2D eigenvalue weighted by Crippen LogP contribution is 2.30. The van der Waals surface area contributed by atoms with Gasteiger partial charge in [-0.25, -0.2) is 0 Å². The molecule has 1 heterocycles. The van der Waals surface area contributed by atoms with Gasteiger partial charge in [0, 0.05) is 30.2 Å². The van der Waals surface area contributed by atoms with Crippen molar-refractivity contribution in [3.8, 4) is 11.1 Å². The number of thioether (sulfide) groups is 1. The molecule has 1 aliphatic rings. The zero-order valence-electron chi connectivity index (χ0n) is 14.6. The third-order valence-corrected chi connectivity index (χ3v) is 5.34. The summed E-state index contributed by atoms with van der Waals surface area (Å²) < 4.78 is 0. The molecule has 5 nitrogen and oxygen atoms in total. The molecule has 1 atom stereocenters. The van der Waals surface area contributed by atoms with Crippen LogP contribution >= 0.6 is 11.8 Å². The molecule has 0 spiro atoms. The van der Waals surface area contributed by atoms with Crippen LogP contribution < -0.4 is 5.32 Å². The van der Waals surface area contributed by atoms with Gasteiger partial charge in [-0.3, -0.25) is 9.59 Å². The summed E-state index contributed by atoms with van der Waals surface area (Å²) in [6, 6.07) is 15.0. The topological polar surface area (TPSA) is 69.6 Å². The van der Waals surface area contributed by atoms with Crippen molar-refractivity contribution < 1.29 is 14.7 Å². The Labute approximate surface area is 157 Å². The van der Waals surface area contributed by atoms with Gasteiger partial charge in [0.25, 0.3) is 5.91 Å². The first-order chi connectivity index (χ1) is 12.7. The summed E-state index contributed by atoms with van der Waals surface area (Å²) >= 11 is 1.69. The lowest BCUT2D eigenvalue weighted by molar-refractivity contribution is -0.128. The molecule has 0 saturated carbocycles. The highest BCUT2D eigenvalue weighted by atomic mass is 32.2.